The van der Waals surface area contributed by atoms with Crippen LogP contribution in [0.15, 0.2) is 0 Å². The van der Waals surface area contributed by atoms with Crippen LogP contribution in [0.5, 0.6) is 0 Å². The highest BCUT2D eigenvalue weighted by Crippen LogP contribution is 2.40. The van der Waals surface area contributed by atoms with Crippen LogP contribution in [-0.4, -0.2) is 29.4 Å². The van der Waals surface area contributed by atoms with Crippen molar-refractivity contribution in [1.29, 1.82) is 0 Å². The monoisotopic (exact) mass is 204 g/mol. The maximum atomic E-state index is 10.9. The Kier molecular flexibility index (Phi) is 3.19. The minimum atomic E-state index is -0.135. The highest BCUT2D eigenvalue weighted by Gasteiger charge is 2.44. The number of halogens is 1. The Bertz CT molecular complexity index is 198. The molecule has 0 aromatic rings. The highest BCUT2D eigenvalue weighted by molar-refractivity contribution is 5.85. The number of rotatable bonds is 2. The maximum Gasteiger partial charge on any atom is 0.219 e. The summed E-state index contributed by atoms with van der Waals surface area (Å²) in [5.41, 5.74) is 5.44. The molecule has 2 saturated heterocycles. The van der Waals surface area contributed by atoms with E-state index in [0.29, 0.717) is 6.42 Å². The molecule has 0 atom stereocenters. The first-order chi connectivity index (χ1) is 5.73. The molecule has 1 amide bonds. The lowest BCUT2D eigenvalue weighted by Crippen LogP contribution is -2.41. The lowest BCUT2D eigenvalue weighted by Gasteiger charge is -2.30. The maximum absolute atomic E-state index is 10.9. The second-order valence-corrected chi connectivity index (χ2v) is 4.06. The molecular weight excluding hydrogens is 188 g/mol. The van der Waals surface area contributed by atoms with Crippen LogP contribution in [0.1, 0.15) is 32.1 Å². The Morgan fingerprint density at radius 3 is 2.31 bits per heavy atom. The van der Waals surface area contributed by atoms with Gasteiger partial charge in [0.05, 0.1) is 0 Å². The number of carbonyl (C=O) groups excluding carboxylic acids is 1. The molecule has 2 aliphatic heterocycles. The van der Waals surface area contributed by atoms with E-state index in [1.807, 2.05) is 0 Å². The van der Waals surface area contributed by atoms with E-state index in [1.165, 1.54) is 38.8 Å². The van der Waals surface area contributed by atoms with Crippen LogP contribution < -0.4 is 5.73 Å². The summed E-state index contributed by atoms with van der Waals surface area (Å²) in [6, 6.07) is 0. The fourth-order valence-corrected chi connectivity index (χ4v) is 2.84. The minimum Gasteiger partial charge on any atom is -0.370 e. The highest BCUT2D eigenvalue weighted by atomic mass is 35.5. The normalized spacial score (nSPS) is 25.2. The second kappa shape index (κ2) is 3.84. The molecule has 0 saturated carbocycles. The van der Waals surface area contributed by atoms with E-state index in [1.54, 1.807) is 0 Å². The van der Waals surface area contributed by atoms with E-state index < -0.39 is 0 Å². The standard InChI is InChI=1S/C9H16N2O.ClH/c10-8(12)7-9-3-1-5-11(9)6-2-4-9;/h1-7H2,(H2,10,12);1H. The Morgan fingerprint density at radius 1 is 1.31 bits per heavy atom. The van der Waals surface area contributed by atoms with Crippen molar-refractivity contribution in [3.05, 3.63) is 0 Å². The summed E-state index contributed by atoms with van der Waals surface area (Å²) < 4.78 is 0. The average molecular weight is 205 g/mol. The minimum absolute atomic E-state index is 0. The van der Waals surface area contributed by atoms with Crippen LogP contribution in [0.3, 0.4) is 0 Å². The molecule has 2 heterocycles. The quantitative estimate of drug-likeness (QED) is 0.727. The summed E-state index contributed by atoms with van der Waals surface area (Å²) in [5, 5.41) is 0. The number of primary amides is 1. The first-order valence-corrected chi connectivity index (χ1v) is 4.76. The zero-order valence-electron chi connectivity index (χ0n) is 7.79. The molecule has 0 radical (unpaired) electrons. The summed E-state index contributed by atoms with van der Waals surface area (Å²) in [7, 11) is 0. The lowest BCUT2D eigenvalue weighted by molar-refractivity contribution is -0.120. The summed E-state index contributed by atoms with van der Waals surface area (Å²) in [5.74, 6) is -0.135. The van der Waals surface area contributed by atoms with Gasteiger partial charge in [-0.1, -0.05) is 0 Å². The van der Waals surface area contributed by atoms with E-state index >= 15 is 0 Å². The Morgan fingerprint density at radius 2 is 1.85 bits per heavy atom. The molecule has 2 rings (SSSR count). The Labute approximate surface area is 85.1 Å². The topological polar surface area (TPSA) is 46.3 Å². The van der Waals surface area contributed by atoms with Crippen LogP contribution >= 0.6 is 12.4 Å². The first kappa shape index (κ1) is 10.8. The van der Waals surface area contributed by atoms with Gasteiger partial charge in [0.2, 0.25) is 5.91 Å². The van der Waals surface area contributed by atoms with Gasteiger partial charge in [-0.2, -0.15) is 0 Å². The van der Waals surface area contributed by atoms with E-state index in [4.69, 9.17) is 5.73 Å². The first-order valence-electron chi connectivity index (χ1n) is 4.76. The number of hydrogen-bond acceptors (Lipinski definition) is 2. The molecule has 2 fully saturated rings. The van der Waals surface area contributed by atoms with Gasteiger partial charge in [-0.15, -0.1) is 12.4 Å². The van der Waals surface area contributed by atoms with E-state index in [0.717, 1.165) is 0 Å². The third kappa shape index (κ3) is 1.81. The summed E-state index contributed by atoms with van der Waals surface area (Å²) in [6.45, 7) is 2.35. The molecule has 76 valence electrons. The lowest BCUT2D eigenvalue weighted by atomic mass is 9.90. The molecule has 0 aromatic carbocycles. The molecule has 0 aromatic heterocycles. The Balaban J connectivity index is 0.000000845. The van der Waals surface area contributed by atoms with Crippen LogP contribution in [0.2, 0.25) is 0 Å². The molecule has 0 spiro atoms. The molecule has 0 bridgehead atoms. The SMILES string of the molecule is Cl.NC(=O)CC12CCCN1CCC2. The van der Waals surface area contributed by atoms with Crippen molar-refractivity contribution in [2.24, 2.45) is 5.73 Å². The number of nitrogens with zero attached hydrogens (tertiary/aromatic N) is 1. The van der Waals surface area contributed by atoms with Crippen molar-refractivity contribution in [3.8, 4) is 0 Å². The third-order valence-corrected chi connectivity index (χ3v) is 3.31. The molecule has 4 heteroatoms. The zero-order valence-corrected chi connectivity index (χ0v) is 8.61. The van der Waals surface area contributed by atoms with E-state index in [-0.39, 0.29) is 23.9 Å². The van der Waals surface area contributed by atoms with Gasteiger partial charge < -0.3 is 5.73 Å². The fourth-order valence-electron chi connectivity index (χ4n) is 2.84. The summed E-state index contributed by atoms with van der Waals surface area (Å²) >= 11 is 0. The number of carbonyl (C=O) groups is 1. The second-order valence-electron chi connectivity index (χ2n) is 4.06. The van der Waals surface area contributed by atoms with Gasteiger partial charge in [0.15, 0.2) is 0 Å². The molecule has 0 aliphatic carbocycles. The van der Waals surface area contributed by atoms with Crippen molar-refractivity contribution in [3.63, 3.8) is 0 Å². The zero-order chi connectivity index (χ0) is 8.60. The van der Waals surface area contributed by atoms with Gasteiger partial charge >= 0.3 is 0 Å². The van der Waals surface area contributed by atoms with Crippen molar-refractivity contribution in [2.75, 3.05) is 13.1 Å². The fraction of sp³-hybridized carbons (Fsp3) is 0.889. The van der Waals surface area contributed by atoms with Gasteiger partial charge in [-0.3, -0.25) is 9.69 Å². The van der Waals surface area contributed by atoms with Gasteiger partial charge in [0, 0.05) is 12.0 Å². The number of hydrogen-bond donors (Lipinski definition) is 1. The van der Waals surface area contributed by atoms with Gasteiger partial charge in [0.1, 0.15) is 0 Å². The summed E-state index contributed by atoms with van der Waals surface area (Å²) in [4.78, 5) is 13.3. The molecular formula is C9H17ClN2O. The van der Waals surface area contributed by atoms with Crippen molar-refractivity contribution >= 4 is 18.3 Å². The third-order valence-electron chi connectivity index (χ3n) is 3.31. The van der Waals surface area contributed by atoms with Crippen LogP contribution in [0, 0.1) is 0 Å². The molecule has 2 N–H and O–H groups in total. The van der Waals surface area contributed by atoms with Crippen molar-refractivity contribution in [1.82, 2.24) is 4.90 Å². The Hall–Kier alpha value is -0.280. The molecule has 2 aliphatic rings. The average Bonchev–Trinajstić information content (AvgIpc) is 2.42. The number of amides is 1. The van der Waals surface area contributed by atoms with Crippen LogP contribution in [0.4, 0.5) is 0 Å². The molecule has 3 nitrogen and oxygen atoms in total. The largest absolute Gasteiger partial charge is 0.370 e. The van der Waals surface area contributed by atoms with Crippen molar-refractivity contribution < 1.29 is 4.79 Å². The molecule has 13 heavy (non-hydrogen) atoms. The van der Waals surface area contributed by atoms with Gasteiger partial charge in [-0.25, -0.2) is 0 Å². The van der Waals surface area contributed by atoms with Crippen molar-refractivity contribution in [2.45, 2.75) is 37.6 Å². The van der Waals surface area contributed by atoms with Gasteiger partial charge in [0.25, 0.3) is 0 Å². The predicted octanol–water partition coefficient (Wildman–Crippen LogP) is 0.912. The number of nitrogens with two attached hydrogens (primary N) is 1. The predicted molar refractivity (Wildman–Crippen MR) is 53.8 cm³/mol. The smallest absolute Gasteiger partial charge is 0.219 e. The number of fused-ring (bicyclic) bond motifs is 1. The van der Waals surface area contributed by atoms with Crippen LogP contribution in [-0.2, 0) is 4.79 Å². The van der Waals surface area contributed by atoms with E-state index in [9.17, 15) is 4.79 Å². The van der Waals surface area contributed by atoms with E-state index in [2.05, 4.69) is 4.90 Å². The summed E-state index contributed by atoms with van der Waals surface area (Å²) in [6.07, 6.45) is 5.42. The molecule has 0 unspecified atom stereocenters. The van der Waals surface area contributed by atoms with Gasteiger partial charge in [-0.05, 0) is 38.8 Å². The van der Waals surface area contributed by atoms with Crippen LogP contribution in [0.25, 0.3) is 0 Å².